The number of methoxy groups -OCH3 is 1. The second-order valence-electron chi connectivity index (χ2n) is 11.0. The van der Waals surface area contributed by atoms with Crippen molar-refractivity contribution in [3.63, 3.8) is 0 Å². The molecule has 6 atom stereocenters. The van der Waals surface area contributed by atoms with Crippen LogP contribution in [0.15, 0.2) is 42.6 Å². The smallest absolute Gasteiger partial charge is 0.123 e. The van der Waals surface area contributed by atoms with Crippen molar-refractivity contribution in [1.29, 1.82) is 0 Å². The highest BCUT2D eigenvalue weighted by molar-refractivity contribution is 5.62. The first-order valence-corrected chi connectivity index (χ1v) is 12.3. The van der Waals surface area contributed by atoms with Crippen molar-refractivity contribution < 1.29 is 19.0 Å². The van der Waals surface area contributed by atoms with E-state index in [0.717, 1.165) is 62.0 Å². The summed E-state index contributed by atoms with van der Waals surface area (Å²) < 4.78 is 25.6. The predicted molar refractivity (Wildman–Crippen MR) is 126 cm³/mol. The molecule has 0 bridgehead atoms. The van der Waals surface area contributed by atoms with Crippen LogP contribution >= 0.6 is 0 Å². The van der Waals surface area contributed by atoms with Crippen molar-refractivity contribution in [2.75, 3.05) is 20.3 Å². The lowest BCUT2D eigenvalue weighted by Crippen LogP contribution is -2.60. The van der Waals surface area contributed by atoms with Gasteiger partial charge in [0.25, 0.3) is 0 Å². The highest BCUT2D eigenvalue weighted by atomic mass is 19.1. The van der Waals surface area contributed by atoms with Crippen LogP contribution in [0, 0.1) is 28.5 Å². The molecule has 2 heterocycles. The number of pyridine rings is 1. The number of benzene rings is 1. The minimum absolute atomic E-state index is 0.00301. The van der Waals surface area contributed by atoms with Gasteiger partial charge in [-0.3, -0.25) is 4.98 Å². The van der Waals surface area contributed by atoms with E-state index in [0.29, 0.717) is 11.8 Å². The van der Waals surface area contributed by atoms with Crippen molar-refractivity contribution in [3.8, 4) is 11.1 Å². The zero-order chi connectivity index (χ0) is 23.3. The van der Waals surface area contributed by atoms with E-state index >= 15 is 0 Å². The summed E-state index contributed by atoms with van der Waals surface area (Å²) in [6.45, 7) is 5.68. The van der Waals surface area contributed by atoms with Crippen LogP contribution in [-0.2, 0) is 15.9 Å². The van der Waals surface area contributed by atoms with Crippen LogP contribution in [0.1, 0.15) is 51.6 Å². The molecule has 1 spiro atoms. The molecule has 1 aromatic heterocycles. The Hall–Kier alpha value is -1.82. The first kappa shape index (κ1) is 22.9. The average Bonchev–Trinajstić information content (AvgIpc) is 3.59. The van der Waals surface area contributed by atoms with Crippen molar-refractivity contribution in [2.24, 2.45) is 22.7 Å². The normalized spacial score (nSPS) is 37.7. The largest absolute Gasteiger partial charge is 0.396 e. The zero-order valence-electron chi connectivity index (χ0n) is 20.0. The molecule has 178 valence electrons. The molecule has 0 amide bonds. The molecular formula is C28H36FNO3. The van der Waals surface area contributed by atoms with Gasteiger partial charge in [-0.1, -0.05) is 32.0 Å². The highest BCUT2D eigenvalue weighted by Crippen LogP contribution is 2.66. The molecule has 1 saturated heterocycles. The van der Waals surface area contributed by atoms with Gasteiger partial charge >= 0.3 is 0 Å². The monoisotopic (exact) mass is 453 g/mol. The molecule has 2 aliphatic carbocycles. The highest BCUT2D eigenvalue weighted by Gasteiger charge is 2.66. The van der Waals surface area contributed by atoms with E-state index in [4.69, 9.17) is 14.5 Å². The van der Waals surface area contributed by atoms with Gasteiger partial charge in [-0.15, -0.1) is 0 Å². The number of ether oxygens (including phenoxy) is 2. The number of aromatic nitrogens is 1. The second-order valence-corrected chi connectivity index (χ2v) is 11.0. The second kappa shape index (κ2) is 8.44. The number of hydrogen-bond acceptors (Lipinski definition) is 4. The van der Waals surface area contributed by atoms with E-state index in [1.54, 1.807) is 19.2 Å². The SMILES string of the molecule is CO[C@@H]1CC[C@]2(C)[C@H](CCC3(CO3)[C@H]2CCc2ccc(-c3cccc(F)c3)cn2)[C@]1(C)CO. The average molecular weight is 454 g/mol. The number of halogens is 1. The van der Waals surface area contributed by atoms with Crippen molar-refractivity contribution in [1.82, 2.24) is 4.98 Å². The molecule has 5 heteroatoms. The summed E-state index contributed by atoms with van der Waals surface area (Å²) in [5.41, 5.74) is 2.74. The number of epoxide rings is 1. The molecule has 0 radical (unpaired) electrons. The number of nitrogens with zero attached hydrogens (tertiary/aromatic N) is 1. The lowest BCUT2D eigenvalue weighted by molar-refractivity contribution is -0.185. The molecule has 1 N–H and O–H groups in total. The fraction of sp³-hybridized carbons (Fsp3) is 0.607. The van der Waals surface area contributed by atoms with Gasteiger partial charge in [0.15, 0.2) is 0 Å². The van der Waals surface area contributed by atoms with Gasteiger partial charge in [0.2, 0.25) is 0 Å². The Morgan fingerprint density at radius 1 is 1.15 bits per heavy atom. The van der Waals surface area contributed by atoms with E-state index in [9.17, 15) is 9.50 Å². The van der Waals surface area contributed by atoms with Gasteiger partial charge in [0, 0.05) is 30.0 Å². The maximum absolute atomic E-state index is 13.6. The summed E-state index contributed by atoms with van der Waals surface area (Å²) in [6, 6.07) is 10.8. The van der Waals surface area contributed by atoms with E-state index in [-0.39, 0.29) is 35.0 Å². The summed E-state index contributed by atoms with van der Waals surface area (Å²) in [5, 5.41) is 10.4. The van der Waals surface area contributed by atoms with Crippen molar-refractivity contribution >= 4 is 0 Å². The molecule has 5 rings (SSSR count). The Bertz CT molecular complexity index is 991. The van der Waals surface area contributed by atoms with Gasteiger partial charge in [0.1, 0.15) is 5.82 Å². The van der Waals surface area contributed by atoms with Gasteiger partial charge in [-0.25, -0.2) is 4.39 Å². The van der Waals surface area contributed by atoms with Crippen LogP contribution in [0.5, 0.6) is 0 Å². The lowest BCUT2D eigenvalue weighted by Gasteiger charge is -2.61. The van der Waals surface area contributed by atoms with E-state index < -0.39 is 0 Å². The minimum atomic E-state index is -0.232. The number of aryl methyl sites for hydroxylation is 1. The van der Waals surface area contributed by atoms with Gasteiger partial charge < -0.3 is 14.6 Å². The van der Waals surface area contributed by atoms with Gasteiger partial charge in [-0.05, 0) is 79.5 Å². The topological polar surface area (TPSA) is 54.9 Å². The third kappa shape index (κ3) is 3.82. The maximum Gasteiger partial charge on any atom is 0.123 e. The van der Waals surface area contributed by atoms with E-state index in [1.807, 2.05) is 18.3 Å². The van der Waals surface area contributed by atoms with Crippen LogP contribution in [0.4, 0.5) is 4.39 Å². The molecule has 3 aliphatic rings. The van der Waals surface area contributed by atoms with Crippen LogP contribution in [0.3, 0.4) is 0 Å². The summed E-state index contributed by atoms with van der Waals surface area (Å²) in [7, 11) is 1.78. The van der Waals surface area contributed by atoms with Crippen LogP contribution in [0.2, 0.25) is 0 Å². The standard InChI is InChI=1S/C28H36FNO3/c1-26-13-12-25(32-3)27(2,17-31)23(26)11-14-28(18-33-28)24(26)10-9-22-8-7-20(16-30-22)19-5-4-6-21(29)15-19/h4-8,15-16,23-25,31H,9-14,17-18H2,1-3H3/t23-,24-,25+,26+,27-,28?/m0/s1. The minimum Gasteiger partial charge on any atom is -0.396 e. The van der Waals surface area contributed by atoms with Crippen LogP contribution in [-0.4, -0.2) is 42.1 Å². The van der Waals surface area contributed by atoms with Crippen LogP contribution in [0.25, 0.3) is 11.1 Å². The maximum atomic E-state index is 13.6. The van der Waals surface area contributed by atoms with Crippen molar-refractivity contribution in [3.05, 3.63) is 54.1 Å². The molecule has 2 aromatic rings. The van der Waals surface area contributed by atoms with Crippen LogP contribution < -0.4 is 0 Å². The predicted octanol–water partition coefficient (Wildman–Crippen LogP) is 5.43. The lowest BCUT2D eigenvalue weighted by atomic mass is 9.44. The Morgan fingerprint density at radius 2 is 1.97 bits per heavy atom. The molecule has 1 unspecified atom stereocenters. The Morgan fingerprint density at radius 3 is 2.61 bits per heavy atom. The first-order valence-electron chi connectivity index (χ1n) is 12.3. The third-order valence-electron chi connectivity index (χ3n) is 9.37. The summed E-state index contributed by atoms with van der Waals surface area (Å²) >= 11 is 0. The van der Waals surface area contributed by atoms with Gasteiger partial charge in [0.05, 0.1) is 24.9 Å². The Balaban J connectivity index is 1.35. The summed E-state index contributed by atoms with van der Waals surface area (Å²) in [6.07, 6.45) is 8.11. The molecular weight excluding hydrogens is 417 g/mol. The molecule has 1 aliphatic heterocycles. The quantitative estimate of drug-likeness (QED) is 0.593. The number of aliphatic hydroxyl groups is 1. The molecule has 3 fully saturated rings. The molecule has 2 saturated carbocycles. The molecule has 33 heavy (non-hydrogen) atoms. The Kier molecular flexibility index (Phi) is 5.87. The number of fused-ring (bicyclic) bond motifs is 1. The third-order valence-corrected chi connectivity index (χ3v) is 9.37. The number of hydrogen-bond donors (Lipinski definition) is 1. The van der Waals surface area contributed by atoms with E-state index in [1.165, 1.54) is 6.07 Å². The summed E-state index contributed by atoms with van der Waals surface area (Å²) in [5.74, 6) is 0.624. The molecule has 1 aromatic carbocycles. The fourth-order valence-electron chi connectivity index (χ4n) is 7.50. The van der Waals surface area contributed by atoms with Gasteiger partial charge in [-0.2, -0.15) is 0 Å². The fourth-order valence-corrected chi connectivity index (χ4v) is 7.50. The van der Waals surface area contributed by atoms with E-state index in [2.05, 4.69) is 19.9 Å². The molecule has 4 nitrogen and oxygen atoms in total. The summed E-state index contributed by atoms with van der Waals surface area (Å²) in [4.78, 5) is 4.71. The zero-order valence-corrected chi connectivity index (χ0v) is 20.0. The Labute approximate surface area is 196 Å². The number of rotatable bonds is 6. The number of aliphatic hydroxyl groups excluding tert-OH is 1. The first-order chi connectivity index (χ1) is 15.8. The van der Waals surface area contributed by atoms with Crippen molar-refractivity contribution in [2.45, 2.75) is 64.1 Å².